The Labute approximate surface area is 82.0 Å². The normalized spacial score (nSPS) is 34.6. The van der Waals surface area contributed by atoms with Crippen LogP contribution in [0, 0.1) is 11.3 Å². The van der Waals surface area contributed by atoms with Crippen molar-refractivity contribution in [2.24, 2.45) is 11.3 Å². The molecule has 0 radical (unpaired) electrons. The molecule has 0 saturated heterocycles. The molecule has 1 aliphatic rings. The van der Waals surface area contributed by atoms with Gasteiger partial charge in [-0.25, -0.2) is 0 Å². The fourth-order valence-electron chi connectivity index (χ4n) is 2.00. The van der Waals surface area contributed by atoms with E-state index in [-0.39, 0.29) is 0 Å². The highest BCUT2D eigenvalue weighted by molar-refractivity contribution is 5.03. The summed E-state index contributed by atoms with van der Waals surface area (Å²) >= 11 is 0. The highest BCUT2D eigenvalue weighted by Gasteiger charge is 2.53. The van der Waals surface area contributed by atoms with Crippen molar-refractivity contribution < 1.29 is 4.74 Å². The van der Waals surface area contributed by atoms with Gasteiger partial charge >= 0.3 is 0 Å². The van der Waals surface area contributed by atoms with Crippen LogP contribution in [-0.4, -0.2) is 26.3 Å². The van der Waals surface area contributed by atoms with Crippen LogP contribution in [0.25, 0.3) is 0 Å². The molecule has 2 heteroatoms. The zero-order valence-electron chi connectivity index (χ0n) is 9.39. The number of hydrogen-bond donors (Lipinski definition) is 1. The fraction of sp³-hybridized carbons (Fsp3) is 1.00. The Morgan fingerprint density at radius 2 is 2.31 bits per heavy atom. The van der Waals surface area contributed by atoms with E-state index in [1.54, 1.807) is 0 Å². The lowest BCUT2D eigenvalue weighted by Gasteiger charge is -2.19. The first-order chi connectivity index (χ1) is 6.15. The number of hydrogen-bond acceptors (Lipinski definition) is 2. The molecule has 0 aromatic rings. The van der Waals surface area contributed by atoms with Crippen molar-refractivity contribution in [2.75, 3.05) is 20.2 Å². The Kier molecular flexibility index (Phi) is 3.74. The van der Waals surface area contributed by atoms with Crippen molar-refractivity contribution in [1.29, 1.82) is 0 Å². The fourth-order valence-corrected chi connectivity index (χ4v) is 2.00. The van der Waals surface area contributed by atoms with E-state index < -0.39 is 0 Å². The Morgan fingerprint density at radius 1 is 1.62 bits per heavy atom. The Bertz CT molecular complexity index is 160. The number of ether oxygens (including phenoxy) is 1. The molecule has 1 saturated carbocycles. The maximum atomic E-state index is 5.39. The van der Waals surface area contributed by atoms with Crippen molar-refractivity contribution in [1.82, 2.24) is 5.32 Å². The highest BCUT2D eigenvalue weighted by atomic mass is 16.5. The molecule has 1 N–H and O–H groups in total. The zero-order chi connectivity index (χ0) is 9.90. The minimum absolute atomic E-state index is 0.404. The van der Waals surface area contributed by atoms with Crippen LogP contribution < -0.4 is 5.32 Å². The molecule has 78 valence electrons. The van der Waals surface area contributed by atoms with E-state index in [0.717, 1.165) is 19.0 Å². The number of nitrogens with one attached hydrogen (secondary N) is 1. The monoisotopic (exact) mass is 185 g/mol. The third-order valence-electron chi connectivity index (χ3n) is 3.56. The van der Waals surface area contributed by atoms with E-state index >= 15 is 0 Å². The van der Waals surface area contributed by atoms with Crippen LogP contribution in [0.1, 0.15) is 33.6 Å². The van der Waals surface area contributed by atoms with E-state index in [9.17, 15) is 0 Å². The summed E-state index contributed by atoms with van der Waals surface area (Å²) in [5.41, 5.74) is 0.440. The lowest BCUT2D eigenvalue weighted by atomic mass is 10.00. The van der Waals surface area contributed by atoms with Crippen LogP contribution >= 0.6 is 0 Å². The molecule has 0 spiro atoms. The first kappa shape index (κ1) is 11.0. The second-order valence-electron chi connectivity index (χ2n) is 4.49. The molecule has 0 aromatic heterocycles. The molecular weight excluding hydrogens is 162 g/mol. The van der Waals surface area contributed by atoms with Gasteiger partial charge < -0.3 is 10.1 Å². The van der Waals surface area contributed by atoms with Crippen LogP contribution in [0.3, 0.4) is 0 Å². The quantitative estimate of drug-likeness (QED) is 0.639. The summed E-state index contributed by atoms with van der Waals surface area (Å²) in [6, 6.07) is 0. The van der Waals surface area contributed by atoms with Gasteiger partial charge in [-0.15, -0.1) is 0 Å². The zero-order valence-corrected chi connectivity index (χ0v) is 9.39. The standard InChI is InChI=1S/C11H23NO/c1-5-6-12-8-10-7-11(10,3)9(2)13-4/h9-10,12H,5-8H2,1-4H3. The van der Waals surface area contributed by atoms with Crippen molar-refractivity contribution in [3.8, 4) is 0 Å². The van der Waals surface area contributed by atoms with E-state index in [0.29, 0.717) is 11.5 Å². The molecule has 13 heavy (non-hydrogen) atoms. The van der Waals surface area contributed by atoms with Gasteiger partial charge in [-0.3, -0.25) is 0 Å². The third-order valence-corrected chi connectivity index (χ3v) is 3.56. The molecule has 0 aromatic carbocycles. The summed E-state index contributed by atoms with van der Waals surface area (Å²) in [4.78, 5) is 0. The van der Waals surface area contributed by atoms with Crippen molar-refractivity contribution >= 4 is 0 Å². The van der Waals surface area contributed by atoms with Gasteiger partial charge in [0.05, 0.1) is 6.10 Å². The summed E-state index contributed by atoms with van der Waals surface area (Å²) in [7, 11) is 1.81. The second-order valence-corrected chi connectivity index (χ2v) is 4.49. The predicted octanol–water partition coefficient (Wildman–Crippen LogP) is 2.05. The Hall–Kier alpha value is -0.0800. The molecule has 1 fully saturated rings. The lowest BCUT2D eigenvalue weighted by molar-refractivity contribution is 0.0552. The van der Waals surface area contributed by atoms with Gasteiger partial charge in [0, 0.05) is 7.11 Å². The van der Waals surface area contributed by atoms with Gasteiger partial charge in [0.2, 0.25) is 0 Å². The first-order valence-corrected chi connectivity index (χ1v) is 5.38. The SMILES string of the molecule is CCCNCC1CC1(C)C(C)OC. The minimum Gasteiger partial charge on any atom is -0.381 e. The van der Waals surface area contributed by atoms with Gasteiger partial charge in [0.15, 0.2) is 0 Å². The van der Waals surface area contributed by atoms with Crippen LogP contribution in [-0.2, 0) is 4.74 Å². The summed E-state index contributed by atoms with van der Waals surface area (Å²) in [6.07, 6.45) is 2.95. The molecule has 1 rings (SSSR count). The van der Waals surface area contributed by atoms with Gasteiger partial charge in [0.1, 0.15) is 0 Å². The molecule has 0 heterocycles. The number of methoxy groups -OCH3 is 1. The topological polar surface area (TPSA) is 21.3 Å². The predicted molar refractivity (Wildman–Crippen MR) is 55.8 cm³/mol. The lowest BCUT2D eigenvalue weighted by Crippen LogP contribution is -2.25. The average Bonchev–Trinajstić information content (AvgIpc) is 2.78. The molecule has 0 amide bonds. The maximum Gasteiger partial charge on any atom is 0.0600 e. The smallest absolute Gasteiger partial charge is 0.0600 e. The summed E-state index contributed by atoms with van der Waals surface area (Å²) in [6.45, 7) is 9.03. The molecule has 3 atom stereocenters. The summed E-state index contributed by atoms with van der Waals surface area (Å²) in [5.74, 6) is 0.828. The van der Waals surface area contributed by atoms with Gasteiger partial charge in [-0.1, -0.05) is 13.8 Å². The second kappa shape index (κ2) is 4.43. The first-order valence-electron chi connectivity index (χ1n) is 5.38. The third kappa shape index (κ3) is 2.44. The van der Waals surface area contributed by atoms with Crippen LogP contribution in [0.2, 0.25) is 0 Å². The van der Waals surface area contributed by atoms with Gasteiger partial charge in [-0.2, -0.15) is 0 Å². The summed E-state index contributed by atoms with van der Waals surface area (Å²) < 4.78 is 5.39. The van der Waals surface area contributed by atoms with Crippen molar-refractivity contribution in [3.05, 3.63) is 0 Å². The Balaban J connectivity index is 2.19. The largest absolute Gasteiger partial charge is 0.381 e. The minimum atomic E-state index is 0.404. The number of rotatable bonds is 6. The summed E-state index contributed by atoms with van der Waals surface area (Å²) in [5, 5.41) is 3.48. The van der Waals surface area contributed by atoms with E-state index in [4.69, 9.17) is 4.74 Å². The van der Waals surface area contributed by atoms with Crippen LogP contribution in [0.4, 0.5) is 0 Å². The molecule has 0 aliphatic heterocycles. The van der Waals surface area contributed by atoms with Crippen LogP contribution in [0.5, 0.6) is 0 Å². The molecule has 1 aliphatic carbocycles. The van der Waals surface area contributed by atoms with Crippen molar-refractivity contribution in [2.45, 2.75) is 39.7 Å². The maximum absolute atomic E-state index is 5.39. The molecule has 0 bridgehead atoms. The van der Waals surface area contributed by atoms with Gasteiger partial charge in [-0.05, 0) is 44.2 Å². The van der Waals surface area contributed by atoms with Gasteiger partial charge in [0.25, 0.3) is 0 Å². The highest BCUT2D eigenvalue weighted by Crippen LogP contribution is 2.55. The van der Waals surface area contributed by atoms with E-state index in [1.807, 2.05) is 7.11 Å². The Morgan fingerprint density at radius 3 is 2.85 bits per heavy atom. The molecule has 2 nitrogen and oxygen atoms in total. The molecular formula is C11H23NO. The van der Waals surface area contributed by atoms with E-state index in [2.05, 4.69) is 26.1 Å². The van der Waals surface area contributed by atoms with Crippen LogP contribution in [0.15, 0.2) is 0 Å². The van der Waals surface area contributed by atoms with E-state index in [1.165, 1.54) is 12.8 Å². The van der Waals surface area contributed by atoms with Crippen molar-refractivity contribution in [3.63, 3.8) is 0 Å². The average molecular weight is 185 g/mol. The molecule has 3 unspecified atom stereocenters.